The summed E-state index contributed by atoms with van der Waals surface area (Å²) in [6, 6.07) is 19.6. The molecule has 0 spiro atoms. The normalized spacial score (nSPS) is 11.5. The summed E-state index contributed by atoms with van der Waals surface area (Å²) < 4.78 is 98.9. The largest absolute Gasteiger partial charge is 0.497 e. The number of alkyl halides is 7. The predicted octanol–water partition coefficient (Wildman–Crippen LogP) is 10.6. The minimum Gasteiger partial charge on any atom is -0.497 e. The van der Waals surface area contributed by atoms with Crippen LogP contribution in [0.4, 0.5) is 26.3 Å². The third-order valence-electron chi connectivity index (χ3n) is 8.57. The molecule has 0 fully saturated rings. The predicted molar refractivity (Wildman–Crippen MR) is 198 cm³/mol. The van der Waals surface area contributed by atoms with Crippen molar-refractivity contribution in [1.82, 2.24) is 9.97 Å². The average molecular weight is 830 g/mol. The second-order valence-electron chi connectivity index (χ2n) is 11.8. The van der Waals surface area contributed by atoms with Crippen molar-refractivity contribution in [2.45, 2.75) is 24.6 Å². The molecule has 4 aromatic carbocycles. The molecule has 0 amide bonds. The van der Waals surface area contributed by atoms with E-state index in [9.17, 15) is 35.9 Å². The van der Waals surface area contributed by atoms with Crippen molar-refractivity contribution in [3.05, 3.63) is 118 Å². The first-order valence-corrected chi connectivity index (χ1v) is 17.2. The summed E-state index contributed by atoms with van der Waals surface area (Å²) in [7, 11) is 5.49. The number of pyridine rings is 2. The molecule has 0 atom stereocenters. The summed E-state index contributed by atoms with van der Waals surface area (Å²) in [6.07, 6.45) is -8.96. The molecule has 8 nitrogen and oxygen atoms in total. The Balaban J connectivity index is 0.000000211. The van der Waals surface area contributed by atoms with Gasteiger partial charge < -0.3 is 18.9 Å². The van der Waals surface area contributed by atoms with Crippen molar-refractivity contribution >= 4 is 49.7 Å². The lowest BCUT2D eigenvalue weighted by molar-refractivity contribution is -0.138. The molecule has 286 valence electrons. The molecule has 2 heterocycles. The van der Waals surface area contributed by atoms with E-state index < -0.39 is 35.4 Å². The summed E-state index contributed by atoms with van der Waals surface area (Å²) in [4.78, 5) is 33.9. The molecule has 2 aromatic heterocycles. The summed E-state index contributed by atoms with van der Waals surface area (Å²) >= 11 is 3.33. The number of halogens is 7. The second kappa shape index (κ2) is 16.3. The van der Waals surface area contributed by atoms with E-state index in [0.29, 0.717) is 50.1 Å². The monoisotopic (exact) mass is 828 g/mol. The van der Waals surface area contributed by atoms with E-state index in [0.717, 1.165) is 24.3 Å². The molecule has 0 aliphatic carbocycles. The maximum atomic E-state index is 13.1. The third-order valence-corrected chi connectivity index (χ3v) is 9.13. The number of esters is 2. The molecule has 0 aliphatic heterocycles. The molecule has 6 aromatic rings. The highest BCUT2D eigenvalue weighted by Crippen LogP contribution is 2.38. The van der Waals surface area contributed by atoms with Crippen LogP contribution in [0, 0.1) is 6.92 Å². The minimum atomic E-state index is -4.49. The van der Waals surface area contributed by atoms with Crippen LogP contribution in [0.15, 0.2) is 84.9 Å². The number of methoxy groups -OCH3 is 4. The summed E-state index contributed by atoms with van der Waals surface area (Å²) in [5.74, 6) is -0.155. The van der Waals surface area contributed by atoms with Gasteiger partial charge in [-0.25, -0.2) is 19.6 Å². The zero-order chi connectivity index (χ0) is 40.2. The van der Waals surface area contributed by atoms with E-state index in [1.807, 2.05) is 0 Å². The topological polar surface area (TPSA) is 96.8 Å². The second-order valence-corrected chi connectivity index (χ2v) is 12.4. The van der Waals surface area contributed by atoms with Crippen LogP contribution >= 0.6 is 15.9 Å². The summed E-state index contributed by atoms with van der Waals surface area (Å²) in [5, 5.41) is 1.20. The van der Waals surface area contributed by atoms with Gasteiger partial charge in [-0.05, 0) is 73.2 Å². The highest BCUT2D eigenvalue weighted by atomic mass is 79.9. The maximum absolute atomic E-state index is 13.1. The Morgan fingerprint density at radius 2 is 1.05 bits per heavy atom. The molecule has 0 saturated heterocycles. The van der Waals surface area contributed by atoms with Gasteiger partial charge in [-0.2, -0.15) is 26.3 Å². The van der Waals surface area contributed by atoms with Gasteiger partial charge in [0.1, 0.15) is 11.5 Å². The van der Waals surface area contributed by atoms with Gasteiger partial charge in [0.2, 0.25) is 0 Å². The Labute approximate surface area is 319 Å². The highest BCUT2D eigenvalue weighted by molar-refractivity contribution is 9.08. The lowest BCUT2D eigenvalue weighted by atomic mass is 9.96. The van der Waals surface area contributed by atoms with Crippen molar-refractivity contribution in [1.29, 1.82) is 0 Å². The molecule has 0 N–H and O–H groups in total. The molecule has 55 heavy (non-hydrogen) atoms. The fourth-order valence-corrected chi connectivity index (χ4v) is 6.46. The van der Waals surface area contributed by atoms with Gasteiger partial charge in [0.05, 0.1) is 73.1 Å². The van der Waals surface area contributed by atoms with E-state index in [1.165, 1.54) is 52.7 Å². The van der Waals surface area contributed by atoms with Crippen molar-refractivity contribution in [2.75, 3.05) is 28.4 Å². The lowest BCUT2D eigenvalue weighted by Crippen LogP contribution is -2.10. The minimum absolute atomic E-state index is 0.198. The number of nitrogens with zero attached hydrogens (tertiary/aromatic N) is 2. The standard InChI is InChI=1S/C20H15BrF3NO3.C20H16F3NO3/c1-27-13-6-7-16-14(9-13)17(19(26)28-2)15(10-21)18(25-16)11-4-3-5-12(8-11)20(22,23)24;1-11-17(19(25)27-3)15-10-14(26-2)7-8-16(15)24-18(11)12-5-4-6-13(9-12)20(21,22)23/h3-9H,10H2,1-2H3;4-10H,1-3H3. The van der Waals surface area contributed by atoms with Crippen LogP contribution < -0.4 is 9.47 Å². The number of ether oxygens (including phenoxy) is 4. The molecule has 0 bridgehead atoms. The number of fused-ring (bicyclic) bond motifs is 2. The van der Waals surface area contributed by atoms with Gasteiger partial charge in [-0.1, -0.05) is 40.2 Å². The first-order chi connectivity index (χ1) is 26.1. The number of benzene rings is 4. The van der Waals surface area contributed by atoms with Crippen LogP contribution in [0.1, 0.15) is 43.0 Å². The van der Waals surface area contributed by atoms with E-state index in [1.54, 1.807) is 43.3 Å². The van der Waals surface area contributed by atoms with E-state index in [-0.39, 0.29) is 33.3 Å². The van der Waals surface area contributed by atoms with Crippen molar-refractivity contribution in [3.63, 3.8) is 0 Å². The van der Waals surface area contributed by atoms with Crippen molar-refractivity contribution in [2.24, 2.45) is 0 Å². The molecular formula is C40H31BrF6N2O6. The van der Waals surface area contributed by atoms with Gasteiger partial charge in [0, 0.05) is 32.8 Å². The molecule has 0 saturated carbocycles. The quantitative estimate of drug-likeness (QED) is 0.0892. The van der Waals surface area contributed by atoms with E-state index >= 15 is 0 Å². The number of carbonyl (C=O) groups is 2. The van der Waals surface area contributed by atoms with Crippen molar-refractivity contribution in [3.8, 4) is 34.0 Å². The van der Waals surface area contributed by atoms with Crippen LogP contribution in [0.2, 0.25) is 0 Å². The molecule has 6 rings (SSSR count). The van der Waals surface area contributed by atoms with Crippen LogP contribution in [0.25, 0.3) is 44.3 Å². The van der Waals surface area contributed by atoms with Gasteiger partial charge in [-0.15, -0.1) is 0 Å². The summed E-state index contributed by atoms with van der Waals surface area (Å²) in [6.45, 7) is 1.63. The number of aromatic nitrogens is 2. The molecular weight excluding hydrogens is 798 g/mol. The number of rotatable bonds is 7. The fourth-order valence-electron chi connectivity index (χ4n) is 5.91. The van der Waals surface area contributed by atoms with Crippen molar-refractivity contribution < 1.29 is 54.9 Å². The lowest BCUT2D eigenvalue weighted by Gasteiger charge is -2.16. The molecule has 0 unspecified atom stereocenters. The Hall–Kier alpha value is -5.70. The Bertz CT molecular complexity index is 2420. The Kier molecular flexibility index (Phi) is 12.0. The number of carbonyl (C=O) groups excluding carboxylic acids is 2. The van der Waals surface area contributed by atoms with E-state index in [4.69, 9.17) is 18.9 Å². The molecule has 0 aliphatic rings. The highest BCUT2D eigenvalue weighted by Gasteiger charge is 2.32. The summed E-state index contributed by atoms with van der Waals surface area (Å²) in [5.41, 5.74) is 1.76. The van der Waals surface area contributed by atoms with Gasteiger partial charge in [0.15, 0.2) is 0 Å². The fraction of sp³-hybridized carbons (Fsp3) is 0.200. The van der Waals surface area contributed by atoms with Gasteiger partial charge >= 0.3 is 24.3 Å². The number of hydrogen-bond donors (Lipinski definition) is 0. The first-order valence-electron chi connectivity index (χ1n) is 16.1. The molecule has 0 radical (unpaired) electrons. The first kappa shape index (κ1) is 40.5. The van der Waals surface area contributed by atoms with Crippen LogP contribution in [0.5, 0.6) is 11.5 Å². The Morgan fingerprint density at radius 1 is 0.618 bits per heavy atom. The SMILES string of the molecule is COC(=O)c1c(C)c(-c2cccc(C(F)(F)F)c2)nc2ccc(OC)cc12.COC(=O)c1c(CBr)c(-c2cccc(C(F)(F)F)c2)nc2ccc(OC)cc12. The average Bonchev–Trinajstić information content (AvgIpc) is 3.18. The third kappa shape index (κ3) is 8.51. The maximum Gasteiger partial charge on any atom is 0.416 e. The number of hydrogen-bond acceptors (Lipinski definition) is 8. The Morgan fingerprint density at radius 3 is 1.49 bits per heavy atom. The van der Waals surface area contributed by atoms with Gasteiger partial charge in [-0.3, -0.25) is 0 Å². The zero-order valence-electron chi connectivity index (χ0n) is 29.8. The zero-order valence-corrected chi connectivity index (χ0v) is 31.4. The van der Waals surface area contributed by atoms with E-state index in [2.05, 4.69) is 25.9 Å². The van der Waals surface area contributed by atoms with Gasteiger partial charge in [0.25, 0.3) is 0 Å². The smallest absolute Gasteiger partial charge is 0.416 e. The van der Waals surface area contributed by atoms with Crippen LogP contribution in [-0.4, -0.2) is 50.3 Å². The van der Waals surface area contributed by atoms with Crippen LogP contribution in [0.3, 0.4) is 0 Å². The molecule has 15 heteroatoms. The van der Waals surface area contributed by atoms with Crippen LogP contribution in [-0.2, 0) is 27.2 Å².